The zero-order valence-electron chi connectivity index (χ0n) is 9.36. The standard InChI is InChI=1S/C8H14F3NO4S/c1-12(3-4-17(2,15)16)5-6(7(13)14)8(9,10)11/h6H,3-5H2,1-2H3,(H,13,14). The minimum absolute atomic E-state index is 0.140. The first-order valence-electron chi connectivity index (χ1n) is 4.59. The zero-order valence-corrected chi connectivity index (χ0v) is 10.2. The van der Waals surface area contributed by atoms with E-state index in [1.165, 1.54) is 7.05 Å². The molecule has 0 amide bonds. The summed E-state index contributed by atoms with van der Waals surface area (Å²) in [6, 6.07) is 0. The number of carboxylic acids is 1. The molecule has 1 N–H and O–H groups in total. The van der Waals surface area contributed by atoms with Crippen LogP contribution in [-0.4, -0.2) is 62.7 Å². The first-order valence-corrected chi connectivity index (χ1v) is 6.65. The molecule has 0 saturated heterocycles. The fourth-order valence-electron chi connectivity index (χ4n) is 1.05. The minimum atomic E-state index is -4.84. The van der Waals surface area contributed by atoms with Gasteiger partial charge >= 0.3 is 12.1 Å². The van der Waals surface area contributed by atoms with Gasteiger partial charge in [0.05, 0.1) is 5.75 Å². The quantitative estimate of drug-likeness (QED) is 0.752. The maximum atomic E-state index is 12.3. The molecular formula is C8H14F3NO4S. The van der Waals surface area contributed by atoms with E-state index in [1.54, 1.807) is 0 Å². The van der Waals surface area contributed by atoms with Crippen LogP contribution in [0.5, 0.6) is 0 Å². The van der Waals surface area contributed by atoms with Crippen molar-refractivity contribution in [3.8, 4) is 0 Å². The molecule has 0 saturated carbocycles. The van der Waals surface area contributed by atoms with Gasteiger partial charge in [-0.1, -0.05) is 0 Å². The van der Waals surface area contributed by atoms with Crippen LogP contribution in [-0.2, 0) is 14.6 Å². The average molecular weight is 277 g/mol. The van der Waals surface area contributed by atoms with Crippen LogP contribution in [0.15, 0.2) is 0 Å². The van der Waals surface area contributed by atoms with E-state index in [0.717, 1.165) is 11.2 Å². The number of aliphatic carboxylic acids is 1. The Morgan fingerprint density at radius 1 is 1.41 bits per heavy atom. The SMILES string of the molecule is CN(CCS(C)(=O)=O)CC(C(=O)O)C(F)(F)F. The van der Waals surface area contributed by atoms with Gasteiger partial charge in [0.1, 0.15) is 9.84 Å². The van der Waals surface area contributed by atoms with Crippen molar-refractivity contribution in [2.24, 2.45) is 5.92 Å². The molecular weight excluding hydrogens is 263 g/mol. The zero-order chi connectivity index (χ0) is 13.9. The molecule has 5 nitrogen and oxygen atoms in total. The molecule has 102 valence electrons. The second-order valence-corrected chi connectivity index (χ2v) is 6.08. The second kappa shape index (κ2) is 5.67. The maximum Gasteiger partial charge on any atom is 0.403 e. The smallest absolute Gasteiger partial charge is 0.403 e. The molecule has 0 rings (SSSR count). The van der Waals surface area contributed by atoms with Crippen molar-refractivity contribution in [3.63, 3.8) is 0 Å². The number of nitrogens with zero attached hydrogens (tertiary/aromatic N) is 1. The van der Waals surface area contributed by atoms with Crippen LogP contribution in [0, 0.1) is 5.92 Å². The van der Waals surface area contributed by atoms with Gasteiger partial charge in [-0.25, -0.2) is 8.42 Å². The Labute approximate surface area is 97.1 Å². The Morgan fingerprint density at radius 3 is 2.18 bits per heavy atom. The third-order valence-corrected chi connectivity index (χ3v) is 2.96. The number of hydrogen-bond donors (Lipinski definition) is 1. The van der Waals surface area contributed by atoms with Crippen LogP contribution in [0.3, 0.4) is 0 Å². The normalized spacial score (nSPS) is 14.9. The highest BCUT2D eigenvalue weighted by atomic mass is 32.2. The van der Waals surface area contributed by atoms with E-state index in [2.05, 4.69) is 0 Å². The third kappa shape index (κ3) is 7.16. The van der Waals surface area contributed by atoms with Gasteiger partial charge in [-0.2, -0.15) is 13.2 Å². The highest BCUT2D eigenvalue weighted by Gasteiger charge is 2.45. The van der Waals surface area contributed by atoms with Crippen LogP contribution in [0.4, 0.5) is 13.2 Å². The lowest BCUT2D eigenvalue weighted by Crippen LogP contribution is -2.41. The van der Waals surface area contributed by atoms with Gasteiger partial charge in [-0.3, -0.25) is 4.79 Å². The van der Waals surface area contributed by atoms with Crippen LogP contribution < -0.4 is 0 Å². The molecule has 0 heterocycles. The van der Waals surface area contributed by atoms with Gasteiger partial charge in [0.25, 0.3) is 0 Å². The van der Waals surface area contributed by atoms with Crippen molar-refractivity contribution in [2.75, 3.05) is 32.1 Å². The van der Waals surface area contributed by atoms with Crippen molar-refractivity contribution in [2.45, 2.75) is 6.18 Å². The lowest BCUT2D eigenvalue weighted by Gasteiger charge is -2.22. The Morgan fingerprint density at radius 2 is 1.88 bits per heavy atom. The molecule has 0 aromatic rings. The van der Waals surface area contributed by atoms with Crippen LogP contribution in [0.2, 0.25) is 0 Å². The van der Waals surface area contributed by atoms with Crippen molar-refractivity contribution in [3.05, 3.63) is 0 Å². The molecule has 0 aromatic heterocycles. The van der Waals surface area contributed by atoms with E-state index in [1.807, 2.05) is 0 Å². The summed E-state index contributed by atoms with van der Waals surface area (Å²) in [7, 11) is -2.04. The lowest BCUT2D eigenvalue weighted by molar-refractivity contribution is -0.195. The molecule has 0 radical (unpaired) electrons. The second-order valence-electron chi connectivity index (χ2n) is 3.82. The summed E-state index contributed by atoms with van der Waals surface area (Å²) in [5.41, 5.74) is 0. The number of rotatable bonds is 6. The summed E-state index contributed by atoms with van der Waals surface area (Å²) >= 11 is 0. The fraction of sp³-hybridized carbons (Fsp3) is 0.875. The van der Waals surface area contributed by atoms with E-state index in [9.17, 15) is 26.4 Å². The monoisotopic (exact) mass is 277 g/mol. The molecule has 0 aliphatic rings. The molecule has 9 heteroatoms. The number of halogens is 3. The van der Waals surface area contributed by atoms with Crippen molar-refractivity contribution in [1.29, 1.82) is 0 Å². The van der Waals surface area contributed by atoms with Crippen LogP contribution in [0.25, 0.3) is 0 Å². The molecule has 1 unspecified atom stereocenters. The first-order chi connectivity index (χ1) is 7.43. The minimum Gasteiger partial charge on any atom is -0.481 e. The van der Waals surface area contributed by atoms with Crippen molar-refractivity contribution in [1.82, 2.24) is 4.90 Å². The Balaban J connectivity index is 4.43. The summed E-state index contributed by atoms with van der Waals surface area (Å²) in [6.07, 6.45) is -3.88. The van der Waals surface area contributed by atoms with Gasteiger partial charge < -0.3 is 10.0 Å². The number of alkyl halides is 3. The largest absolute Gasteiger partial charge is 0.481 e. The number of hydrogen-bond acceptors (Lipinski definition) is 4. The topological polar surface area (TPSA) is 74.7 Å². The third-order valence-electron chi connectivity index (χ3n) is 2.03. The predicted octanol–water partition coefficient (Wildman–Crippen LogP) is 0.226. The first kappa shape index (κ1) is 16.2. The van der Waals surface area contributed by atoms with E-state index in [0.29, 0.717) is 0 Å². The summed E-state index contributed by atoms with van der Waals surface area (Å²) in [6.45, 7) is -0.910. The molecule has 0 spiro atoms. The predicted molar refractivity (Wildman–Crippen MR) is 54.4 cm³/mol. The van der Waals surface area contributed by atoms with Crippen LogP contribution in [0.1, 0.15) is 0 Å². The Bertz CT molecular complexity index is 365. The summed E-state index contributed by atoms with van der Waals surface area (Å²) in [4.78, 5) is 11.5. The molecule has 17 heavy (non-hydrogen) atoms. The highest BCUT2D eigenvalue weighted by molar-refractivity contribution is 7.90. The average Bonchev–Trinajstić information content (AvgIpc) is 2.07. The fourth-order valence-corrected chi connectivity index (χ4v) is 1.69. The van der Waals surface area contributed by atoms with Gasteiger partial charge in [0.15, 0.2) is 5.92 Å². The van der Waals surface area contributed by atoms with E-state index in [-0.39, 0.29) is 12.3 Å². The summed E-state index contributed by atoms with van der Waals surface area (Å²) in [5.74, 6) is -4.79. The Kier molecular flexibility index (Phi) is 5.40. The summed E-state index contributed by atoms with van der Waals surface area (Å²) < 4.78 is 58.4. The Hall–Kier alpha value is -0.830. The van der Waals surface area contributed by atoms with Crippen molar-refractivity contribution < 1.29 is 31.5 Å². The lowest BCUT2D eigenvalue weighted by atomic mass is 10.1. The van der Waals surface area contributed by atoms with Gasteiger partial charge in [-0.05, 0) is 7.05 Å². The van der Waals surface area contributed by atoms with Gasteiger partial charge in [0.2, 0.25) is 0 Å². The highest BCUT2D eigenvalue weighted by Crippen LogP contribution is 2.26. The summed E-state index contributed by atoms with van der Waals surface area (Å²) in [5, 5.41) is 8.42. The molecule has 0 aromatic carbocycles. The molecule has 1 atom stereocenters. The van der Waals surface area contributed by atoms with E-state index in [4.69, 9.17) is 5.11 Å². The van der Waals surface area contributed by atoms with Crippen LogP contribution >= 0.6 is 0 Å². The van der Waals surface area contributed by atoms with E-state index >= 15 is 0 Å². The molecule has 0 aliphatic heterocycles. The number of carboxylic acid groups (broad SMARTS) is 1. The molecule has 0 bridgehead atoms. The van der Waals surface area contributed by atoms with Gasteiger partial charge in [0, 0.05) is 19.3 Å². The number of sulfone groups is 1. The van der Waals surface area contributed by atoms with Crippen molar-refractivity contribution >= 4 is 15.8 Å². The molecule has 0 fully saturated rings. The number of carbonyl (C=O) groups is 1. The van der Waals surface area contributed by atoms with E-state index < -0.39 is 34.4 Å². The van der Waals surface area contributed by atoms with Gasteiger partial charge in [-0.15, -0.1) is 0 Å². The maximum absolute atomic E-state index is 12.3. The molecule has 0 aliphatic carbocycles.